The highest BCUT2D eigenvalue weighted by Crippen LogP contribution is 2.46. The maximum absolute atomic E-state index is 16.1. The van der Waals surface area contributed by atoms with Crippen LogP contribution in [0.2, 0.25) is 0 Å². The van der Waals surface area contributed by atoms with Crippen LogP contribution in [0.15, 0.2) is 218 Å². The molecule has 0 saturated carbocycles. The van der Waals surface area contributed by atoms with Crippen molar-refractivity contribution >= 4 is 43.6 Å². The Labute approximate surface area is 462 Å². The van der Waals surface area contributed by atoms with E-state index in [9.17, 15) is 26.3 Å². The lowest BCUT2D eigenvalue weighted by Crippen LogP contribution is -2.10. The van der Waals surface area contributed by atoms with Crippen LogP contribution >= 0.6 is 0 Å². The fourth-order valence-electron chi connectivity index (χ4n) is 11.2. The molecular formula is C68H42F9N5. The van der Waals surface area contributed by atoms with Crippen molar-refractivity contribution in [2.24, 2.45) is 0 Å². The highest BCUT2D eigenvalue weighted by molar-refractivity contribution is 6.12. The van der Waals surface area contributed by atoms with Gasteiger partial charge in [-0.3, -0.25) is 0 Å². The average Bonchev–Trinajstić information content (AvgIpc) is 4.13. The number of para-hydroxylation sites is 2. The molecule has 13 rings (SSSR count). The van der Waals surface area contributed by atoms with E-state index in [2.05, 4.69) is 0 Å². The molecule has 402 valence electrons. The van der Waals surface area contributed by atoms with Gasteiger partial charge in [0.05, 0.1) is 44.4 Å². The largest absolute Gasteiger partial charge is 0.417 e. The number of nitrogens with zero attached hydrogens (tertiary/aromatic N) is 5. The molecule has 82 heavy (non-hydrogen) atoms. The molecule has 14 heteroatoms. The quantitative estimate of drug-likeness (QED) is 0.143. The first-order valence-corrected chi connectivity index (χ1v) is 26.0. The van der Waals surface area contributed by atoms with Gasteiger partial charge >= 0.3 is 18.5 Å². The summed E-state index contributed by atoms with van der Waals surface area (Å²) >= 11 is 0. The second kappa shape index (κ2) is 19.5. The van der Waals surface area contributed by atoms with Crippen molar-refractivity contribution in [3.63, 3.8) is 0 Å². The van der Waals surface area contributed by atoms with Crippen LogP contribution in [0.5, 0.6) is 0 Å². The van der Waals surface area contributed by atoms with E-state index in [-0.39, 0.29) is 17.0 Å². The van der Waals surface area contributed by atoms with Crippen molar-refractivity contribution in [1.82, 2.24) is 24.1 Å². The fourth-order valence-corrected chi connectivity index (χ4v) is 11.2. The Hall–Kier alpha value is -9.82. The Morgan fingerprint density at radius 2 is 0.744 bits per heavy atom. The highest BCUT2D eigenvalue weighted by Gasteiger charge is 2.36. The van der Waals surface area contributed by atoms with Crippen LogP contribution in [-0.4, -0.2) is 24.1 Å². The van der Waals surface area contributed by atoms with Gasteiger partial charge in [-0.25, -0.2) is 15.0 Å². The summed E-state index contributed by atoms with van der Waals surface area (Å²) in [4.78, 5) is 14.8. The standard InChI is InChI=1S/C68H42F9N5/c1-39-29-46(33-48(31-39)66(69,70)71)43-21-26-60-54(35-43)51-17-9-11-19-58(51)81(60)50-24-25-57(68(75,76)77)53(38-50)56-37-45(65-79-63(41-13-5-3-6-14-41)78-64(80-65)42-15-7-4-8-16-42)23-28-62(56)82-59-20-12-10-18-52(59)55-36-44(22-27-61(55)82)47-30-40(2)32-49(34-47)67(72,73)74/h3-38H,1-2H3. The Morgan fingerprint density at radius 1 is 0.305 bits per heavy atom. The molecule has 0 unspecified atom stereocenters. The van der Waals surface area contributed by atoms with E-state index in [1.54, 1.807) is 74.5 Å². The average molecular weight is 1100 g/mol. The molecule has 0 aliphatic carbocycles. The predicted octanol–water partition coefficient (Wildman–Crippen LogP) is 19.7. The predicted molar refractivity (Wildman–Crippen MR) is 306 cm³/mol. The molecule has 0 spiro atoms. The summed E-state index contributed by atoms with van der Waals surface area (Å²) in [6.07, 6.45) is -14.1. The van der Waals surface area contributed by atoms with Gasteiger partial charge in [-0.15, -0.1) is 0 Å². The zero-order valence-corrected chi connectivity index (χ0v) is 43.4. The van der Waals surface area contributed by atoms with E-state index in [1.807, 2.05) is 124 Å². The lowest BCUT2D eigenvalue weighted by atomic mass is 9.94. The number of fused-ring (bicyclic) bond motifs is 6. The molecule has 5 nitrogen and oxygen atoms in total. The first-order valence-electron chi connectivity index (χ1n) is 26.0. The second-order valence-corrected chi connectivity index (χ2v) is 20.3. The zero-order chi connectivity index (χ0) is 56.8. The molecule has 0 N–H and O–H groups in total. The molecule has 0 saturated heterocycles. The summed E-state index contributed by atoms with van der Waals surface area (Å²) in [6.45, 7) is 3.20. The first-order chi connectivity index (χ1) is 39.3. The number of benzene rings is 10. The minimum Gasteiger partial charge on any atom is -0.309 e. The number of rotatable bonds is 8. The van der Waals surface area contributed by atoms with Gasteiger partial charge in [-0.05, 0) is 150 Å². The van der Waals surface area contributed by atoms with Crippen molar-refractivity contribution in [3.8, 4) is 78.9 Å². The molecule has 3 heterocycles. The summed E-state index contributed by atoms with van der Waals surface area (Å²) in [5.74, 6) is 0.850. The number of alkyl halides is 9. The van der Waals surface area contributed by atoms with E-state index in [4.69, 9.17) is 15.0 Å². The maximum Gasteiger partial charge on any atom is 0.417 e. The van der Waals surface area contributed by atoms with Gasteiger partial charge in [0, 0.05) is 49.5 Å². The van der Waals surface area contributed by atoms with E-state index >= 15 is 13.2 Å². The summed E-state index contributed by atoms with van der Waals surface area (Å²) in [5.41, 5.74) is 4.80. The van der Waals surface area contributed by atoms with Crippen LogP contribution in [0.4, 0.5) is 39.5 Å². The highest BCUT2D eigenvalue weighted by atomic mass is 19.4. The van der Waals surface area contributed by atoms with Crippen molar-refractivity contribution in [2.45, 2.75) is 32.4 Å². The summed E-state index contributed by atoms with van der Waals surface area (Å²) in [6, 6.07) is 60.7. The van der Waals surface area contributed by atoms with Gasteiger partial charge in [-0.1, -0.05) is 121 Å². The molecule has 10 aromatic carbocycles. The number of halogens is 9. The summed E-state index contributed by atoms with van der Waals surface area (Å²) in [7, 11) is 0. The van der Waals surface area contributed by atoms with Crippen LogP contribution in [0.25, 0.3) is 123 Å². The van der Waals surface area contributed by atoms with Crippen LogP contribution in [0.3, 0.4) is 0 Å². The lowest BCUT2D eigenvalue weighted by Gasteiger charge is -2.21. The third-order valence-corrected chi connectivity index (χ3v) is 14.9. The van der Waals surface area contributed by atoms with Gasteiger partial charge in [-0.2, -0.15) is 39.5 Å². The zero-order valence-electron chi connectivity index (χ0n) is 43.4. The molecule has 0 fully saturated rings. The van der Waals surface area contributed by atoms with Crippen molar-refractivity contribution in [3.05, 3.63) is 246 Å². The Morgan fingerprint density at radius 3 is 1.24 bits per heavy atom. The molecule has 0 amide bonds. The Bertz CT molecular complexity index is 4610. The Kier molecular flexibility index (Phi) is 12.3. The van der Waals surface area contributed by atoms with E-state index < -0.39 is 35.2 Å². The molecule has 3 aromatic heterocycles. The molecular weight excluding hydrogens is 1060 g/mol. The van der Waals surface area contributed by atoms with E-state index in [1.165, 1.54) is 12.1 Å². The van der Waals surface area contributed by atoms with Gasteiger partial charge < -0.3 is 9.13 Å². The van der Waals surface area contributed by atoms with Crippen LogP contribution < -0.4 is 0 Å². The number of aromatic nitrogens is 5. The molecule has 0 bridgehead atoms. The lowest BCUT2D eigenvalue weighted by molar-refractivity contribution is -0.138. The molecule has 13 aromatic rings. The van der Waals surface area contributed by atoms with Crippen molar-refractivity contribution in [1.29, 1.82) is 0 Å². The monoisotopic (exact) mass is 1100 g/mol. The third kappa shape index (κ3) is 9.29. The summed E-state index contributed by atoms with van der Waals surface area (Å²) in [5, 5.41) is 2.72. The second-order valence-electron chi connectivity index (χ2n) is 20.3. The van der Waals surface area contributed by atoms with Crippen LogP contribution in [-0.2, 0) is 18.5 Å². The number of hydrogen-bond acceptors (Lipinski definition) is 3. The minimum absolute atomic E-state index is 0.137. The van der Waals surface area contributed by atoms with Gasteiger partial charge in [0.1, 0.15) is 0 Å². The minimum atomic E-state index is -4.91. The van der Waals surface area contributed by atoms with E-state index in [0.717, 1.165) is 35.7 Å². The molecule has 0 aliphatic heterocycles. The number of aryl methyl sites for hydroxylation is 2. The molecule has 0 aliphatic rings. The van der Waals surface area contributed by atoms with Crippen LogP contribution in [0.1, 0.15) is 27.8 Å². The number of hydrogen-bond donors (Lipinski definition) is 0. The van der Waals surface area contributed by atoms with Gasteiger partial charge in [0.2, 0.25) is 0 Å². The third-order valence-electron chi connectivity index (χ3n) is 14.9. The topological polar surface area (TPSA) is 48.5 Å². The van der Waals surface area contributed by atoms with Crippen molar-refractivity contribution < 1.29 is 39.5 Å². The smallest absolute Gasteiger partial charge is 0.309 e. The summed E-state index contributed by atoms with van der Waals surface area (Å²) < 4.78 is 137. The molecule has 0 radical (unpaired) electrons. The van der Waals surface area contributed by atoms with Crippen LogP contribution in [0, 0.1) is 13.8 Å². The maximum atomic E-state index is 16.1. The fraction of sp³-hybridized carbons (Fsp3) is 0.0735. The van der Waals surface area contributed by atoms with Gasteiger partial charge in [0.25, 0.3) is 0 Å². The Balaban J connectivity index is 1.08. The normalized spacial score (nSPS) is 12.3. The van der Waals surface area contributed by atoms with Crippen molar-refractivity contribution in [2.75, 3.05) is 0 Å². The van der Waals surface area contributed by atoms with E-state index in [0.29, 0.717) is 111 Å². The first kappa shape index (κ1) is 51.6. The SMILES string of the molecule is Cc1cc(-c2ccc3c(c2)c2ccccc2n3-c2ccc(C(F)(F)F)c(-c3cc(-c4nc(-c5ccccc5)nc(-c5ccccc5)n4)ccc3-n3c4ccccc4c4cc(-c5cc(C)cc(C(F)(F)F)c5)ccc43)c2)cc(C(F)(F)F)c1. The van der Waals surface area contributed by atoms with Gasteiger partial charge in [0.15, 0.2) is 17.5 Å². The molecule has 0 atom stereocenters.